The fourth-order valence-corrected chi connectivity index (χ4v) is 2.80. The smallest absolute Gasteiger partial charge is 0.240 e. The van der Waals surface area contributed by atoms with Crippen LogP contribution in [-0.4, -0.2) is 23.2 Å². The summed E-state index contributed by atoms with van der Waals surface area (Å²) in [4.78, 5) is 0.187. The average molecular weight is 295 g/mol. The van der Waals surface area contributed by atoms with Gasteiger partial charge in [-0.3, -0.25) is 0 Å². The van der Waals surface area contributed by atoms with Crippen molar-refractivity contribution in [3.05, 3.63) is 35.9 Å². The van der Waals surface area contributed by atoms with Crippen molar-refractivity contribution < 1.29 is 8.42 Å². The Morgan fingerprint density at radius 1 is 1.40 bits per heavy atom. The number of nitrogens with two attached hydrogens (primary N) is 1. The Kier molecular flexibility index (Phi) is 4.05. The van der Waals surface area contributed by atoms with Crippen LogP contribution < -0.4 is 10.5 Å². The first-order valence-corrected chi connectivity index (χ1v) is 7.65. The SMILES string of the molecule is CCn1cnnc1CNS(=O)(=O)c1ccc(N)c(C)c1. The number of hydrogen-bond donors (Lipinski definition) is 2. The highest BCUT2D eigenvalue weighted by Gasteiger charge is 2.16. The Morgan fingerprint density at radius 2 is 2.15 bits per heavy atom. The van der Waals surface area contributed by atoms with Gasteiger partial charge in [-0.1, -0.05) is 0 Å². The second-order valence-electron chi connectivity index (χ2n) is 4.38. The number of nitrogen functional groups attached to an aromatic ring is 1. The van der Waals surface area contributed by atoms with Crippen molar-refractivity contribution in [2.45, 2.75) is 31.8 Å². The summed E-state index contributed by atoms with van der Waals surface area (Å²) in [5.74, 6) is 0.572. The Morgan fingerprint density at radius 3 is 2.80 bits per heavy atom. The summed E-state index contributed by atoms with van der Waals surface area (Å²) in [6.45, 7) is 4.48. The van der Waals surface area contributed by atoms with Gasteiger partial charge in [0.2, 0.25) is 10.0 Å². The molecule has 1 aromatic heterocycles. The minimum absolute atomic E-state index is 0.0968. The van der Waals surface area contributed by atoms with Gasteiger partial charge in [-0.2, -0.15) is 0 Å². The molecule has 0 aliphatic carbocycles. The molecule has 0 radical (unpaired) electrons. The Labute approximate surface area is 117 Å². The van der Waals surface area contributed by atoms with E-state index in [0.717, 1.165) is 5.56 Å². The molecule has 2 aromatic rings. The molecule has 3 N–H and O–H groups in total. The standard InChI is InChI=1S/C12H17N5O2S/c1-3-17-8-14-16-12(17)7-15-20(18,19)10-4-5-11(13)9(2)6-10/h4-6,8,15H,3,7,13H2,1-2H3. The zero-order chi connectivity index (χ0) is 14.8. The third-order valence-corrected chi connectivity index (χ3v) is 4.41. The monoisotopic (exact) mass is 295 g/mol. The molecule has 20 heavy (non-hydrogen) atoms. The predicted octanol–water partition coefficient (Wildman–Crippen LogP) is 0.667. The summed E-state index contributed by atoms with van der Waals surface area (Å²) in [6, 6.07) is 4.61. The number of aromatic nitrogens is 3. The van der Waals surface area contributed by atoms with Gasteiger partial charge in [0.1, 0.15) is 12.2 Å². The lowest BCUT2D eigenvalue weighted by molar-refractivity contribution is 0.575. The predicted molar refractivity (Wildman–Crippen MR) is 75.3 cm³/mol. The number of nitrogens with one attached hydrogen (secondary N) is 1. The largest absolute Gasteiger partial charge is 0.399 e. The highest BCUT2D eigenvalue weighted by atomic mass is 32.2. The zero-order valence-corrected chi connectivity index (χ0v) is 12.2. The van der Waals surface area contributed by atoms with Gasteiger partial charge in [0, 0.05) is 12.2 Å². The van der Waals surface area contributed by atoms with Gasteiger partial charge in [-0.05, 0) is 37.6 Å². The van der Waals surface area contributed by atoms with Crippen LogP contribution in [0.15, 0.2) is 29.4 Å². The molecule has 0 saturated carbocycles. The summed E-state index contributed by atoms with van der Waals surface area (Å²) in [5.41, 5.74) is 6.98. The lowest BCUT2D eigenvalue weighted by atomic mass is 10.2. The summed E-state index contributed by atoms with van der Waals surface area (Å²) >= 11 is 0. The van der Waals surface area contributed by atoms with Crippen molar-refractivity contribution >= 4 is 15.7 Å². The Bertz CT molecular complexity index is 708. The molecule has 0 spiro atoms. The van der Waals surface area contributed by atoms with E-state index in [4.69, 9.17) is 5.73 Å². The van der Waals surface area contributed by atoms with Crippen LogP contribution in [0.2, 0.25) is 0 Å². The molecule has 2 rings (SSSR count). The number of rotatable bonds is 5. The summed E-state index contributed by atoms with van der Waals surface area (Å²) < 4.78 is 28.6. The minimum Gasteiger partial charge on any atom is -0.399 e. The van der Waals surface area contributed by atoms with Crippen LogP contribution in [-0.2, 0) is 23.1 Å². The van der Waals surface area contributed by atoms with E-state index < -0.39 is 10.0 Å². The number of aryl methyl sites for hydroxylation is 2. The molecule has 0 aliphatic heterocycles. The van der Waals surface area contributed by atoms with Gasteiger partial charge in [0.25, 0.3) is 0 Å². The van der Waals surface area contributed by atoms with Crippen LogP contribution in [0.1, 0.15) is 18.3 Å². The molecule has 7 nitrogen and oxygen atoms in total. The van der Waals surface area contributed by atoms with Crippen molar-refractivity contribution in [1.29, 1.82) is 0 Å². The Balaban J connectivity index is 2.17. The molecule has 1 heterocycles. The van der Waals surface area contributed by atoms with Crippen molar-refractivity contribution in [3.63, 3.8) is 0 Å². The van der Waals surface area contributed by atoms with Gasteiger partial charge in [-0.15, -0.1) is 10.2 Å². The summed E-state index contributed by atoms with van der Waals surface area (Å²) in [5, 5.41) is 7.64. The normalized spacial score (nSPS) is 11.7. The maximum Gasteiger partial charge on any atom is 0.240 e. The van der Waals surface area contributed by atoms with E-state index in [1.807, 2.05) is 6.92 Å². The van der Waals surface area contributed by atoms with E-state index in [2.05, 4.69) is 14.9 Å². The molecule has 0 bridgehead atoms. The van der Waals surface area contributed by atoms with E-state index in [1.165, 1.54) is 6.07 Å². The maximum absolute atomic E-state index is 12.2. The van der Waals surface area contributed by atoms with Crippen molar-refractivity contribution in [2.24, 2.45) is 0 Å². The third kappa shape index (κ3) is 2.97. The van der Waals surface area contributed by atoms with E-state index in [-0.39, 0.29) is 11.4 Å². The highest BCUT2D eigenvalue weighted by Crippen LogP contribution is 2.16. The molecule has 0 saturated heterocycles. The number of nitrogens with zero attached hydrogens (tertiary/aromatic N) is 3. The topological polar surface area (TPSA) is 103 Å². The lowest BCUT2D eigenvalue weighted by Gasteiger charge is -2.08. The highest BCUT2D eigenvalue weighted by molar-refractivity contribution is 7.89. The quantitative estimate of drug-likeness (QED) is 0.789. The average Bonchev–Trinajstić information content (AvgIpc) is 2.87. The number of sulfonamides is 1. The van der Waals surface area contributed by atoms with Crippen LogP contribution in [0, 0.1) is 6.92 Å². The molecule has 108 valence electrons. The van der Waals surface area contributed by atoms with Crippen LogP contribution in [0.3, 0.4) is 0 Å². The second kappa shape index (κ2) is 5.59. The van der Waals surface area contributed by atoms with Gasteiger partial charge < -0.3 is 10.3 Å². The summed E-state index contributed by atoms with van der Waals surface area (Å²) in [7, 11) is -3.59. The first kappa shape index (κ1) is 14.5. The molecule has 8 heteroatoms. The van der Waals surface area contributed by atoms with Crippen molar-refractivity contribution in [1.82, 2.24) is 19.5 Å². The van der Waals surface area contributed by atoms with E-state index in [1.54, 1.807) is 30.0 Å². The molecule has 0 fully saturated rings. The molecular weight excluding hydrogens is 278 g/mol. The van der Waals surface area contributed by atoms with Gasteiger partial charge >= 0.3 is 0 Å². The van der Waals surface area contributed by atoms with E-state index >= 15 is 0 Å². The first-order valence-electron chi connectivity index (χ1n) is 6.16. The second-order valence-corrected chi connectivity index (χ2v) is 6.14. The fourth-order valence-electron chi connectivity index (χ4n) is 1.74. The van der Waals surface area contributed by atoms with Gasteiger partial charge in [0.05, 0.1) is 11.4 Å². The number of benzene rings is 1. The van der Waals surface area contributed by atoms with Crippen molar-refractivity contribution in [2.75, 3.05) is 5.73 Å². The van der Waals surface area contributed by atoms with Gasteiger partial charge in [0.15, 0.2) is 0 Å². The number of hydrogen-bond acceptors (Lipinski definition) is 5. The molecule has 1 aromatic carbocycles. The van der Waals surface area contributed by atoms with Crippen LogP contribution in [0.25, 0.3) is 0 Å². The molecular formula is C12H17N5O2S. The first-order chi connectivity index (χ1) is 9.44. The molecule has 0 amide bonds. The van der Waals surface area contributed by atoms with Crippen LogP contribution in [0.4, 0.5) is 5.69 Å². The Hall–Kier alpha value is -1.93. The summed E-state index contributed by atoms with van der Waals surface area (Å²) in [6.07, 6.45) is 1.57. The molecule has 0 unspecified atom stereocenters. The molecule has 0 atom stereocenters. The van der Waals surface area contributed by atoms with Crippen LogP contribution in [0.5, 0.6) is 0 Å². The van der Waals surface area contributed by atoms with Gasteiger partial charge in [-0.25, -0.2) is 13.1 Å². The van der Waals surface area contributed by atoms with Crippen molar-refractivity contribution in [3.8, 4) is 0 Å². The maximum atomic E-state index is 12.2. The van der Waals surface area contributed by atoms with E-state index in [0.29, 0.717) is 18.1 Å². The fraction of sp³-hybridized carbons (Fsp3) is 0.333. The third-order valence-electron chi connectivity index (χ3n) is 3.01. The minimum atomic E-state index is -3.59. The number of anilines is 1. The lowest BCUT2D eigenvalue weighted by Crippen LogP contribution is -2.25. The van der Waals surface area contributed by atoms with Crippen LogP contribution >= 0.6 is 0 Å². The zero-order valence-electron chi connectivity index (χ0n) is 11.4. The van der Waals surface area contributed by atoms with E-state index in [9.17, 15) is 8.42 Å². The molecule has 0 aliphatic rings.